The van der Waals surface area contributed by atoms with Crippen LogP contribution in [0.5, 0.6) is 0 Å². The van der Waals surface area contributed by atoms with Crippen molar-refractivity contribution >= 4 is 17.8 Å². The Hall–Kier alpha value is -1.43. The fourth-order valence-electron chi connectivity index (χ4n) is 1.57. The van der Waals surface area contributed by atoms with E-state index in [-0.39, 0.29) is 6.54 Å². The Morgan fingerprint density at radius 2 is 1.83 bits per heavy atom. The molecule has 0 aliphatic carbocycles. The Balaban J connectivity index is 2.73. The van der Waals surface area contributed by atoms with Gasteiger partial charge in [-0.15, -0.1) is 0 Å². The minimum Gasteiger partial charge on any atom is -0.302 e. The third-order valence-corrected chi connectivity index (χ3v) is 3.37. The van der Waals surface area contributed by atoms with Crippen molar-refractivity contribution in [1.82, 2.24) is 15.1 Å². The molecule has 1 aliphatic heterocycles. The molecule has 1 rings (SSSR count). The molecule has 6 heteroatoms. The van der Waals surface area contributed by atoms with Gasteiger partial charge in [0.15, 0.2) is 0 Å². The third-order valence-electron chi connectivity index (χ3n) is 3.37. The summed E-state index contributed by atoms with van der Waals surface area (Å²) in [5, 5.41) is 2.21. The molecular weight excluding hydrogens is 234 g/mol. The summed E-state index contributed by atoms with van der Waals surface area (Å²) >= 11 is 0. The van der Waals surface area contributed by atoms with Gasteiger partial charge in [0.1, 0.15) is 5.41 Å². The van der Waals surface area contributed by atoms with Gasteiger partial charge in [0, 0.05) is 19.1 Å². The van der Waals surface area contributed by atoms with Crippen molar-refractivity contribution in [2.24, 2.45) is 5.41 Å². The Bertz CT molecular complexity index is 377. The highest BCUT2D eigenvalue weighted by atomic mass is 16.2. The lowest BCUT2D eigenvalue weighted by atomic mass is 9.89. The molecule has 1 N–H and O–H groups in total. The van der Waals surface area contributed by atoms with Gasteiger partial charge in [-0.2, -0.15) is 0 Å². The minimum atomic E-state index is -1.18. The summed E-state index contributed by atoms with van der Waals surface area (Å²) in [5.41, 5.74) is -1.18. The van der Waals surface area contributed by atoms with Gasteiger partial charge in [-0.05, 0) is 34.7 Å². The molecule has 6 nitrogen and oxygen atoms in total. The van der Waals surface area contributed by atoms with Crippen LogP contribution < -0.4 is 5.32 Å². The van der Waals surface area contributed by atoms with E-state index in [0.717, 1.165) is 4.90 Å². The Labute approximate surface area is 107 Å². The van der Waals surface area contributed by atoms with Gasteiger partial charge in [-0.25, -0.2) is 4.79 Å². The molecule has 102 valence electrons. The quantitative estimate of drug-likeness (QED) is 0.740. The molecule has 0 spiro atoms. The third kappa shape index (κ3) is 2.69. The summed E-state index contributed by atoms with van der Waals surface area (Å²) in [5.74, 6) is -0.973. The largest absolute Gasteiger partial charge is 0.330 e. The summed E-state index contributed by atoms with van der Waals surface area (Å²) in [4.78, 5) is 38.4. The van der Waals surface area contributed by atoms with E-state index < -0.39 is 23.3 Å². The second-order valence-corrected chi connectivity index (χ2v) is 5.42. The van der Waals surface area contributed by atoms with Crippen molar-refractivity contribution in [3.05, 3.63) is 0 Å². The number of hydrogen-bond donors (Lipinski definition) is 1. The smallest absolute Gasteiger partial charge is 0.302 e. The average molecular weight is 255 g/mol. The normalized spacial score (nSPS) is 19.7. The molecule has 1 fully saturated rings. The lowest BCUT2D eigenvalue weighted by molar-refractivity contribution is -0.149. The highest BCUT2D eigenvalue weighted by Crippen LogP contribution is 2.23. The molecule has 0 aromatic carbocycles. The van der Waals surface area contributed by atoms with Crippen molar-refractivity contribution in [2.75, 3.05) is 20.1 Å². The second kappa shape index (κ2) is 5.06. The van der Waals surface area contributed by atoms with Gasteiger partial charge >= 0.3 is 6.03 Å². The van der Waals surface area contributed by atoms with E-state index in [1.165, 1.54) is 13.8 Å². The van der Waals surface area contributed by atoms with Crippen molar-refractivity contribution in [1.29, 1.82) is 0 Å². The maximum Gasteiger partial charge on any atom is 0.330 e. The number of nitrogens with zero attached hydrogens (tertiary/aromatic N) is 2. The van der Waals surface area contributed by atoms with Crippen LogP contribution >= 0.6 is 0 Å². The summed E-state index contributed by atoms with van der Waals surface area (Å²) < 4.78 is 0. The zero-order valence-electron chi connectivity index (χ0n) is 11.6. The Kier molecular flexibility index (Phi) is 4.11. The first-order valence-electron chi connectivity index (χ1n) is 6.05. The fourth-order valence-corrected chi connectivity index (χ4v) is 1.57. The summed E-state index contributed by atoms with van der Waals surface area (Å²) in [7, 11) is 1.92. The summed E-state index contributed by atoms with van der Waals surface area (Å²) in [6, 6.07) is -0.288. The number of urea groups is 1. The van der Waals surface area contributed by atoms with Crippen molar-refractivity contribution < 1.29 is 14.4 Å². The standard InChI is InChI=1S/C12H21N3O3/c1-8(2)14(5)6-7-15-10(17)12(3,4)9(16)13-11(15)18/h8H,6-7H2,1-5H3,(H,13,16,18). The molecule has 0 atom stereocenters. The second-order valence-electron chi connectivity index (χ2n) is 5.42. The monoisotopic (exact) mass is 255 g/mol. The van der Waals surface area contributed by atoms with Crippen molar-refractivity contribution in [2.45, 2.75) is 33.7 Å². The molecule has 0 bridgehead atoms. The van der Waals surface area contributed by atoms with Gasteiger partial charge < -0.3 is 4.90 Å². The molecule has 1 aliphatic rings. The number of carbonyl (C=O) groups excluding carboxylic acids is 3. The molecule has 0 aromatic heterocycles. The molecule has 0 unspecified atom stereocenters. The van der Waals surface area contributed by atoms with Crippen LogP contribution in [-0.4, -0.2) is 53.8 Å². The lowest BCUT2D eigenvalue weighted by Gasteiger charge is -2.35. The number of amides is 4. The van der Waals surface area contributed by atoms with Crippen LogP contribution in [0, 0.1) is 5.41 Å². The number of hydrogen-bond acceptors (Lipinski definition) is 4. The van der Waals surface area contributed by atoms with E-state index in [2.05, 4.69) is 5.32 Å². The van der Waals surface area contributed by atoms with Crippen LogP contribution in [0.2, 0.25) is 0 Å². The summed E-state index contributed by atoms with van der Waals surface area (Å²) in [6.45, 7) is 7.99. The van der Waals surface area contributed by atoms with E-state index in [9.17, 15) is 14.4 Å². The first-order chi connectivity index (χ1) is 8.17. The van der Waals surface area contributed by atoms with Crippen LogP contribution in [0.4, 0.5) is 4.79 Å². The van der Waals surface area contributed by atoms with Crippen LogP contribution in [0.15, 0.2) is 0 Å². The van der Waals surface area contributed by atoms with Gasteiger partial charge in [0.2, 0.25) is 11.8 Å². The molecule has 0 radical (unpaired) electrons. The molecule has 18 heavy (non-hydrogen) atoms. The molecule has 4 amide bonds. The Morgan fingerprint density at radius 1 is 1.28 bits per heavy atom. The molecule has 1 heterocycles. The first-order valence-corrected chi connectivity index (χ1v) is 6.05. The number of rotatable bonds is 4. The van der Waals surface area contributed by atoms with Crippen molar-refractivity contribution in [3.8, 4) is 0 Å². The zero-order chi connectivity index (χ0) is 14.1. The zero-order valence-corrected chi connectivity index (χ0v) is 11.6. The van der Waals surface area contributed by atoms with Crippen LogP contribution in [0.25, 0.3) is 0 Å². The molecule has 0 aromatic rings. The van der Waals surface area contributed by atoms with E-state index in [4.69, 9.17) is 0 Å². The minimum absolute atomic E-state index is 0.288. The van der Waals surface area contributed by atoms with Crippen LogP contribution in [-0.2, 0) is 9.59 Å². The van der Waals surface area contributed by atoms with Gasteiger partial charge in [-0.3, -0.25) is 19.8 Å². The maximum absolute atomic E-state index is 12.1. The van der Waals surface area contributed by atoms with Gasteiger partial charge in [0.05, 0.1) is 0 Å². The van der Waals surface area contributed by atoms with Gasteiger partial charge in [0.25, 0.3) is 0 Å². The Morgan fingerprint density at radius 3 is 2.33 bits per heavy atom. The maximum atomic E-state index is 12.1. The number of imide groups is 2. The topological polar surface area (TPSA) is 69.7 Å². The van der Waals surface area contributed by atoms with Gasteiger partial charge in [-0.1, -0.05) is 0 Å². The van der Waals surface area contributed by atoms with Crippen LogP contribution in [0.1, 0.15) is 27.7 Å². The highest BCUT2D eigenvalue weighted by Gasteiger charge is 2.46. The fraction of sp³-hybridized carbons (Fsp3) is 0.750. The van der Waals surface area contributed by atoms with Crippen molar-refractivity contribution in [3.63, 3.8) is 0 Å². The predicted molar refractivity (Wildman–Crippen MR) is 66.8 cm³/mol. The number of barbiturate groups is 1. The van der Waals surface area contributed by atoms with E-state index in [0.29, 0.717) is 12.6 Å². The van der Waals surface area contributed by atoms with E-state index >= 15 is 0 Å². The lowest BCUT2D eigenvalue weighted by Crippen LogP contribution is -2.62. The first kappa shape index (κ1) is 14.6. The highest BCUT2D eigenvalue weighted by molar-refractivity contribution is 6.18. The average Bonchev–Trinajstić information content (AvgIpc) is 2.26. The predicted octanol–water partition coefficient (Wildman–Crippen LogP) is 0.431. The van der Waals surface area contributed by atoms with Crippen LogP contribution in [0.3, 0.4) is 0 Å². The van der Waals surface area contributed by atoms with E-state index in [1.54, 1.807) is 0 Å². The van der Waals surface area contributed by atoms with E-state index in [1.807, 2.05) is 25.8 Å². The molecule has 1 saturated heterocycles. The number of carbonyl (C=O) groups is 3. The summed E-state index contributed by atoms with van der Waals surface area (Å²) in [6.07, 6.45) is 0. The number of nitrogens with one attached hydrogen (secondary N) is 1. The SMILES string of the molecule is CC(C)N(C)CCN1C(=O)NC(=O)C(C)(C)C1=O. The molecular formula is C12H21N3O3. The number of likely N-dealkylation sites (N-methyl/N-ethyl adjacent to an activating group) is 1. The molecule has 0 saturated carbocycles.